The molecule has 1 aliphatic rings. The van der Waals surface area contributed by atoms with Crippen molar-refractivity contribution in [2.45, 2.75) is 13.3 Å². The highest BCUT2D eigenvalue weighted by Crippen LogP contribution is 2.38. The molecule has 3 rings (SSSR count). The third kappa shape index (κ3) is 2.34. The molecule has 0 amide bonds. The maximum atomic E-state index is 11.0. The number of hydrogen-bond acceptors (Lipinski definition) is 1. The first kappa shape index (κ1) is 12.2. The second-order valence-electron chi connectivity index (χ2n) is 4.84. The lowest BCUT2D eigenvalue weighted by Crippen LogP contribution is -1.84. The highest BCUT2D eigenvalue weighted by Gasteiger charge is 2.18. The molecule has 19 heavy (non-hydrogen) atoms. The number of benzene rings is 2. The van der Waals surface area contributed by atoms with Crippen LogP contribution in [0.2, 0.25) is 5.02 Å². The molecule has 0 heterocycles. The summed E-state index contributed by atoms with van der Waals surface area (Å²) in [5.41, 5.74) is 6.17. The lowest BCUT2D eigenvalue weighted by atomic mass is 10.0. The summed E-state index contributed by atoms with van der Waals surface area (Å²) in [6.07, 6.45) is 4.37. The topological polar surface area (TPSA) is 17.1 Å². The molecule has 2 aromatic carbocycles. The molecule has 1 aliphatic carbocycles. The van der Waals surface area contributed by atoms with Gasteiger partial charge in [0.1, 0.15) is 0 Å². The van der Waals surface area contributed by atoms with Crippen molar-refractivity contribution in [1.82, 2.24) is 0 Å². The molecule has 2 heteroatoms. The van der Waals surface area contributed by atoms with Gasteiger partial charge < -0.3 is 0 Å². The van der Waals surface area contributed by atoms with Crippen molar-refractivity contribution >= 4 is 23.5 Å². The van der Waals surface area contributed by atoms with Crippen molar-refractivity contribution in [3.05, 3.63) is 64.2 Å². The average Bonchev–Trinajstić information content (AvgIpc) is 2.72. The van der Waals surface area contributed by atoms with Crippen LogP contribution in [-0.4, -0.2) is 5.78 Å². The Morgan fingerprint density at radius 2 is 1.79 bits per heavy atom. The monoisotopic (exact) mass is 268 g/mol. The van der Waals surface area contributed by atoms with E-state index in [0.717, 1.165) is 17.0 Å². The first-order valence-corrected chi connectivity index (χ1v) is 6.61. The second kappa shape index (κ2) is 4.67. The normalized spacial score (nSPS) is 12.5. The predicted octanol–water partition coefficient (Wildman–Crippen LogP) is 4.51. The first-order valence-electron chi connectivity index (χ1n) is 6.24. The van der Waals surface area contributed by atoms with Gasteiger partial charge in [0.15, 0.2) is 5.78 Å². The van der Waals surface area contributed by atoms with Gasteiger partial charge in [-0.05, 0) is 59.4 Å². The van der Waals surface area contributed by atoms with Crippen LogP contribution in [0.5, 0.6) is 0 Å². The lowest BCUT2D eigenvalue weighted by Gasteiger charge is -2.02. The number of ketones is 1. The summed E-state index contributed by atoms with van der Waals surface area (Å²) in [6.45, 7) is 1.56. The van der Waals surface area contributed by atoms with Crippen LogP contribution in [0, 0.1) is 0 Å². The van der Waals surface area contributed by atoms with Crippen LogP contribution in [-0.2, 0) is 11.2 Å². The molecule has 0 aliphatic heterocycles. The largest absolute Gasteiger partial charge is 0.295 e. The van der Waals surface area contributed by atoms with Gasteiger partial charge in [-0.3, -0.25) is 4.79 Å². The van der Waals surface area contributed by atoms with Gasteiger partial charge in [-0.25, -0.2) is 0 Å². The molecule has 0 N–H and O–H groups in total. The van der Waals surface area contributed by atoms with Crippen LogP contribution in [0.3, 0.4) is 0 Å². The number of carbonyl (C=O) groups excluding carboxylic acids is 1. The molecule has 0 aromatic heterocycles. The van der Waals surface area contributed by atoms with E-state index < -0.39 is 0 Å². The molecular formula is C17H13ClO. The van der Waals surface area contributed by atoms with E-state index in [1.807, 2.05) is 24.3 Å². The zero-order chi connectivity index (χ0) is 13.4. The summed E-state index contributed by atoms with van der Waals surface area (Å²) in [5.74, 6) is 0.0653. The van der Waals surface area contributed by atoms with Gasteiger partial charge in [-0.15, -0.1) is 0 Å². The summed E-state index contributed by atoms with van der Waals surface area (Å²) >= 11 is 6.03. The second-order valence-corrected chi connectivity index (χ2v) is 5.28. The SMILES string of the molecule is CC(=O)/C=C/c1ccc2c(c1)Cc1cc(Cl)ccc1-2. The maximum absolute atomic E-state index is 11.0. The summed E-state index contributed by atoms with van der Waals surface area (Å²) in [6, 6.07) is 12.3. The number of allylic oxidation sites excluding steroid dienone is 1. The van der Waals surface area contributed by atoms with E-state index in [-0.39, 0.29) is 5.78 Å². The molecule has 0 unspecified atom stereocenters. The van der Waals surface area contributed by atoms with Crippen molar-refractivity contribution < 1.29 is 4.79 Å². The van der Waals surface area contributed by atoms with Gasteiger partial charge in [0, 0.05) is 5.02 Å². The number of carbonyl (C=O) groups is 1. The van der Waals surface area contributed by atoms with E-state index in [0.29, 0.717) is 0 Å². The molecule has 0 bridgehead atoms. The quantitative estimate of drug-likeness (QED) is 0.625. The van der Waals surface area contributed by atoms with Crippen LogP contribution in [0.15, 0.2) is 42.5 Å². The Balaban J connectivity index is 2.00. The van der Waals surface area contributed by atoms with E-state index in [4.69, 9.17) is 11.6 Å². The van der Waals surface area contributed by atoms with Crippen LogP contribution in [0.25, 0.3) is 17.2 Å². The minimum atomic E-state index is 0.0653. The zero-order valence-electron chi connectivity index (χ0n) is 10.6. The summed E-state index contributed by atoms with van der Waals surface area (Å²) in [4.78, 5) is 11.0. The minimum absolute atomic E-state index is 0.0653. The number of rotatable bonds is 2. The number of halogens is 1. The number of hydrogen-bond donors (Lipinski definition) is 0. The Hall–Kier alpha value is -1.86. The standard InChI is InChI=1S/C17H13ClO/c1-11(19)2-3-12-4-6-16-13(8-12)9-14-10-15(18)5-7-17(14)16/h2-8,10H,9H2,1H3/b3-2+. The highest BCUT2D eigenvalue weighted by atomic mass is 35.5. The van der Waals surface area contributed by atoms with Crippen LogP contribution >= 0.6 is 11.6 Å². The third-order valence-corrected chi connectivity index (χ3v) is 3.61. The van der Waals surface area contributed by atoms with E-state index >= 15 is 0 Å². The summed E-state index contributed by atoms with van der Waals surface area (Å²) in [7, 11) is 0. The van der Waals surface area contributed by atoms with Crippen molar-refractivity contribution in [2.24, 2.45) is 0 Å². The molecule has 0 saturated heterocycles. The third-order valence-electron chi connectivity index (χ3n) is 3.38. The molecule has 0 spiro atoms. The van der Waals surface area contributed by atoms with Crippen molar-refractivity contribution in [1.29, 1.82) is 0 Å². The molecule has 0 saturated carbocycles. The Morgan fingerprint density at radius 1 is 1.11 bits per heavy atom. The van der Waals surface area contributed by atoms with E-state index in [9.17, 15) is 4.79 Å². The van der Waals surface area contributed by atoms with Gasteiger partial charge in [-0.2, -0.15) is 0 Å². The van der Waals surface area contributed by atoms with E-state index in [1.54, 1.807) is 13.0 Å². The predicted molar refractivity (Wildman–Crippen MR) is 79.4 cm³/mol. The van der Waals surface area contributed by atoms with Gasteiger partial charge in [0.05, 0.1) is 0 Å². The van der Waals surface area contributed by atoms with Crippen molar-refractivity contribution in [3.63, 3.8) is 0 Å². The van der Waals surface area contributed by atoms with Gasteiger partial charge in [0.2, 0.25) is 0 Å². The molecule has 2 aromatic rings. The van der Waals surface area contributed by atoms with Crippen molar-refractivity contribution in [3.8, 4) is 11.1 Å². The molecule has 94 valence electrons. The molecule has 0 atom stereocenters. The Morgan fingerprint density at radius 3 is 2.53 bits per heavy atom. The Labute approximate surface area is 117 Å². The minimum Gasteiger partial charge on any atom is -0.295 e. The van der Waals surface area contributed by atoms with Crippen LogP contribution in [0.4, 0.5) is 0 Å². The van der Waals surface area contributed by atoms with Crippen LogP contribution < -0.4 is 0 Å². The first-order chi connectivity index (χ1) is 9.13. The van der Waals surface area contributed by atoms with Gasteiger partial charge >= 0.3 is 0 Å². The van der Waals surface area contributed by atoms with E-state index in [2.05, 4.69) is 18.2 Å². The fourth-order valence-electron chi connectivity index (χ4n) is 2.52. The molecule has 0 radical (unpaired) electrons. The highest BCUT2D eigenvalue weighted by molar-refractivity contribution is 6.30. The average molecular weight is 269 g/mol. The smallest absolute Gasteiger partial charge is 0.152 e. The maximum Gasteiger partial charge on any atom is 0.152 e. The molecular weight excluding hydrogens is 256 g/mol. The van der Waals surface area contributed by atoms with E-state index in [1.165, 1.54) is 22.3 Å². The zero-order valence-corrected chi connectivity index (χ0v) is 11.4. The van der Waals surface area contributed by atoms with Crippen LogP contribution in [0.1, 0.15) is 23.6 Å². The number of fused-ring (bicyclic) bond motifs is 3. The van der Waals surface area contributed by atoms with Gasteiger partial charge in [0.25, 0.3) is 0 Å². The fraction of sp³-hybridized carbons (Fsp3) is 0.118. The summed E-state index contributed by atoms with van der Waals surface area (Å²) in [5, 5.41) is 0.781. The Bertz CT molecular complexity index is 698. The summed E-state index contributed by atoms with van der Waals surface area (Å²) < 4.78 is 0. The lowest BCUT2D eigenvalue weighted by molar-refractivity contribution is -0.112. The molecule has 0 fully saturated rings. The van der Waals surface area contributed by atoms with Crippen molar-refractivity contribution in [2.75, 3.05) is 0 Å². The fourth-order valence-corrected chi connectivity index (χ4v) is 2.71. The Kier molecular flexibility index (Phi) is 3.00. The molecule has 1 nitrogen and oxygen atoms in total. The van der Waals surface area contributed by atoms with Gasteiger partial charge in [-0.1, -0.05) is 41.9 Å².